The van der Waals surface area contributed by atoms with Gasteiger partial charge in [-0.25, -0.2) is 8.42 Å². The molecule has 0 spiro atoms. The number of halogens is 1. The van der Waals surface area contributed by atoms with Crippen molar-refractivity contribution in [3.05, 3.63) is 129 Å². The van der Waals surface area contributed by atoms with Crippen molar-refractivity contribution < 1.29 is 27.7 Å². The van der Waals surface area contributed by atoms with Crippen molar-refractivity contribution in [1.82, 2.24) is 10.2 Å². The van der Waals surface area contributed by atoms with Crippen LogP contribution in [-0.4, -0.2) is 56.3 Å². The number of methoxy groups -OCH3 is 1. The Hall–Kier alpha value is -4.94. The minimum absolute atomic E-state index is 0.0526. The Balaban J connectivity index is 1.84. The van der Waals surface area contributed by atoms with Gasteiger partial charge in [0.15, 0.2) is 0 Å². The van der Waals surface area contributed by atoms with E-state index in [1.165, 1.54) is 43.2 Å². The van der Waals surface area contributed by atoms with Crippen LogP contribution in [0.2, 0.25) is 5.02 Å². The zero-order chi connectivity index (χ0) is 34.8. The third kappa shape index (κ3) is 8.90. The normalized spacial score (nSPS) is 11.8. The summed E-state index contributed by atoms with van der Waals surface area (Å²) in [5.41, 5.74) is 1.44. The molecule has 48 heavy (non-hydrogen) atoms. The molecule has 4 rings (SSSR count). The first-order valence-electron chi connectivity index (χ1n) is 15.2. The highest BCUT2D eigenvalue weighted by molar-refractivity contribution is 7.92. The lowest BCUT2D eigenvalue weighted by Crippen LogP contribution is -2.53. The van der Waals surface area contributed by atoms with Crippen molar-refractivity contribution in [2.45, 2.75) is 44.2 Å². The Morgan fingerprint density at radius 1 is 0.958 bits per heavy atom. The van der Waals surface area contributed by atoms with Gasteiger partial charge in [0.25, 0.3) is 15.7 Å². The summed E-state index contributed by atoms with van der Waals surface area (Å²) in [4.78, 5) is 40.3. The molecule has 0 aromatic heterocycles. The highest BCUT2D eigenvalue weighted by Crippen LogP contribution is 2.30. The van der Waals surface area contributed by atoms with E-state index in [4.69, 9.17) is 16.3 Å². The first kappa shape index (κ1) is 35.9. The van der Waals surface area contributed by atoms with E-state index in [2.05, 4.69) is 5.32 Å². The van der Waals surface area contributed by atoms with Crippen molar-refractivity contribution in [2.24, 2.45) is 0 Å². The summed E-state index contributed by atoms with van der Waals surface area (Å²) in [6, 6.07) is 24.7. The highest BCUT2D eigenvalue weighted by Gasteiger charge is 2.35. The number of carbonyl (C=O) groups excluding carboxylic acids is 2. The largest absolute Gasteiger partial charge is 0.497 e. The number of nitro groups is 1. The lowest BCUT2D eigenvalue weighted by molar-refractivity contribution is -0.385. The second-order valence-corrected chi connectivity index (χ2v) is 13.4. The van der Waals surface area contributed by atoms with Gasteiger partial charge in [0.05, 0.1) is 22.6 Å². The second kappa shape index (κ2) is 16.2. The monoisotopic (exact) mass is 692 g/mol. The Morgan fingerprint density at radius 3 is 2.27 bits per heavy atom. The topological polar surface area (TPSA) is 139 Å². The molecular weight excluding hydrogens is 656 g/mol. The molecule has 0 heterocycles. The molecule has 0 saturated heterocycles. The van der Waals surface area contributed by atoms with Crippen LogP contribution < -0.4 is 14.4 Å². The van der Waals surface area contributed by atoms with Crippen LogP contribution in [0.3, 0.4) is 0 Å². The number of rotatable bonds is 15. The molecule has 0 saturated carbocycles. The van der Waals surface area contributed by atoms with Gasteiger partial charge in [-0.1, -0.05) is 67.1 Å². The van der Waals surface area contributed by atoms with Gasteiger partial charge in [-0.3, -0.25) is 24.0 Å². The van der Waals surface area contributed by atoms with Crippen LogP contribution in [0.15, 0.2) is 102 Å². The molecule has 0 aliphatic heterocycles. The summed E-state index contributed by atoms with van der Waals surface area (Å²) in [6.45, 7) is 3.02. The number of sulfonamides is 1. The van der Waals surface area contributed by atoms with Crippen LogP contribution in [0, 0.1) is 17.0 Å². The number of anilines is 1. The van der Waals surface area contributed by atoms with Gasteiger partial charge >= 0.3 is 0 Å². The maximum absolute atomic E-state index is 14.5. The quantitative estimate of drug-likeness (QED) is 0.120. The van der Waals surface area contributed by atoms with E-state index < -0.39 is 39.3 Å². The van der Waals surface area contributed by atoms with Crippen LogP contribution in [0.4, 0.5) is 11.4 Å². The van der Waals surface area contributed by atoms with E-state index in [1.54, 1.807) is 36.4 Å². The van der Waals surface area contributed by atoms with E-state index in [1.807, 2.05) is 37.3 Å². The van der Waals surface area contributed by atoms with Crippen molar-refractivity contribution in [3.8, 4) is 5.75 Å². The van der Waals surface area contributed by atoms with Gasteiger partial charge < -0.3 is 15.0 Å². The van der Waals surface area contributed by atoms with Gasteiger partial charge in [-0.2, -0.15) is 0 Å². The fraction of sp³-hybridized carbons (Fsp3) is 0.257. The number of ether oxygens (including phenoxy) is 1. The molecule has 1 N–H and O–H groups in total. The lowest BCUT2D eigenvalue weighted by Gasteiger charge is -2.34. The number of aryl methyl sites for hydroxylation is 1. The third-order valence-corrected chi connectivity index (χ3v) is 9.67. The predicted molar refractivity (Wildman–Crippen MR) is 185 cm³/mol. The number of hydrogen-bond donors (Lipinski definition) is 1. The number of hydrogen-bond acceptors (Lipinski definition) is 7. The number of amides is 2. The highest BCUT2D eigenvalue weighted by atomic mass is 35.5. The number of carbonyl (C=O) groups is 2. The summed E-state index contributed by atoms with van der Waals surface area (Å²) in [5.74, 6) is -0.626. The van der Waals surface area contributed by atoms with E-state index >= 15 is 0 Å². The molecule has 11 nitrogen and oxygen atoms in total. The molecule has 4 aromatic carbocycles. The van der Waals surface area contributed by atoms with Crippen LogP contribution >= 0.6 is 11.6 Å². The molecule has 0 aliphatic carbocycles. The average Bonchev–Trinajstić information content (AvgIpc) is 3.08. The molecule has 1 atom stereocenters. The van der Waals surface area contributed by atoms with Crippen molar-refractivity contribution in [1.29, 1.82) is 0 Å². The molecule has 252 valence electrons. The van der Waals surface area contributed by atoms with Crippen LogP contribution in [0.1, 0.15) is 30.0 Å². The minimum atomic E-state index is -4.55. The summed E-state index contributed by atoms with van der Waals surface area (Å²) in [6.07, 6.45) is 0.820. The Kier molecular flexibility index (Phi) is 12.2. The molecule has 2 amide bonds. The molecule has 0 aliphatic rings. The van der Waals surface area contributed by atoms with Gasteiger partial charge in [-0.05, 0) is 66.9 Å². The van der Waals surface area contributed by atoms with E-state index in [9.17, 15) is 28.1 Å². The van der Waals surface area contributed by atoms with Crippen LogP contribution in [0.5, 0.6) is 5.75 Å². The summed E-state index contributed by atoms with van der Waals surface area (Å²) >= 11 is 6.28. The molecule has 4 aromatic rings. The summed E-state index contributed by atoms with van der Waals surface area (Å²) in [7, 11) is -3.09. The lowest BCUT2D eigenvalue weighted by atomic mass is 10.0. The Bertz CT molecular complexity index is 1850. The molecule has 0 unspecified atom stereocenters. The zero-order valence-corrected chi connectivity index (χ0v) is 28.4. The first-order valence-corrected chi connectivity index (χ1v) is 17.0. The fourth-order valence-electron chi connectivity index (χ4n) is 5.10. The van der Waals surface area contributed by atoms with Gasteiger partial charge in [-0.15, -0.1) is 0 Å². The fourth-order valence-corrected chi connectivity index (χ4v) is 6.75. The van der Waals surface area contributed by atoms with Crippen molar-refractivity contribution >= 4 is 44.8 Å². The maximum atomic E-state index is 14.5. The number of nitrogens with zero attached hydrogens (tertiary/aromatic N) is 3. The van der Waals surface area contributed by atoms with Gasteiger partial charge in [0.1, 0.15) is 18.3 Å². The van der Waals surface area contributed by atoms with Crippen LogP contribution in [0.25, 0.3) is 0 Å². The Morgan fingerprint density at radius 2 is 1.65 bits per heavy atom. The molecule has 13 heteroatoms. The second-order valence-electron chi connectivity index (χ2n) is 11.1. The maximum Gasteiger partial charge on any atom is 0.273 e. The minimum Gasteiger partial charge on any atom is -0.497 e. The predicted octanol–water partition coefficient (Wildman–Crippen LogP) is 5.93. The Labute approximate surface area is 285 Å². The number of benzene rings is 4. The standard InChI is InChI=1S/C35H37ClN4O7S/c1-4-19-37-35(42)33(21-26-9-6-5-7-10-26)38(23-27-11-8-12-28(36)20-27)34(41)24-39(29-14-16-30(47-3)17-15-29)48(45,46)31-18-13-25(2)32(22-31)40(43)44/h5-18,20,22,33H,4,19,21,23-24H2,1-3H3,(H,37,42)/t33-/m0/s1. The van der Waals surface area contributed by atoms with E-state index in [-0.39, 0.29) is 34.8 Å². The average molecular weight is 693 g/mol. The number of nitro benzene ring substituents is 1. The SMILES string of the molecule is CCCNC(=O)[C@H](Cc1ccccc1)N(Cc1cccc(Cl)c1)C(=O)CN(c1ccc(OC)cc1)S(=O)(=O)c1ccc(C)c([N+](=O)[O-])c1. The van der Waals surface area contributed by atoms with Gasteiger partial charge in [0, 0.05) is 36.2 Å². The van der Waals surface area contributed by atoms with Gasteiger partial charge in [0.2, 0.25) is 11.8 Å². The zero-order valence-electron chi connectivity index (χ0n) is 26.8. The van der Waals surface area contributed by atoms with E-state index in [0.717, 1.165) is 15.9 Å². The molecule has 0 fully saturated rings. The smallest absolute Gasteiger partial charge is 0.273 e. The van der Waals surface area contributed by atoms with E-state index in [0.29, 0.717) is 29.3 Å². The molecular formula is C35H37ClN4O7S. The summed E-state index contributed by atoms with van der Waals surface area (Å²) in [5, 5.41) is 15.0. The summed E-state index contributed by atoms with van der Waals surface area (Å²) < 4.78 is 34.7. The van der Waals surface area contributed by atoms with Crippen molar-refractivity contribution in [2.75, 3.05) is 24.5 Å². The first-order chi connectivity index (χ1) is 22.9. The van der Waals surface area contributed by atoms with Crippen LogP contribution in [-0.2, 0) is 32.6 Å². The van der Waals surface area contributed by atoms with Crippen molar-refractivity contribution in [3.63, 3.8) is 0 Å². The number of nitrogens with one attached hydrogen (secondary N) is 1. The third-order valence-electron chi connectivity index (χ3n) is 7.67. The molecule has 0 bridgehead atoms. The molecule has 0 radical (unpaired) electrons.